The number of hydrogen-bond donors (Lipinski definition) is 3. The van der Waals surface area contributed by atoms with E-state index in [4.69, 9.17) is 9.73 Å². The van der Waals surface area contributed by atoms with E-state index in [9.17, 15) is 0 Å². The first-order valence-corrected chi connectivity index (χ1v) is 9.95. The van der Waals surface area contributed by atoms with E-state index < -0.39 is 0 Å². The van der Waals surface area contributed by atoms with Crippen molar-refractivity contribution in [1.82, 2.24) is 10.6 Å². The van der Waals surface area contributed by atoms with Gasteiger partial charge >= 0.3 is 0 Å². The lowest BCUT2D eigenvalue weighted by molar-refractivity contribution is 0.352. The van der Waals surface area contributed by atoms with Crippen LogP contribution in [0.2, 0.25) is 0 Å². The quantitative estimate of drug-likeness (QED) is 0.626. The summed E-state index contributed by atoms with van der Waals surface area (Å²) in [7, 11) is 0. The molecule has 1 atom stereocenters. The minimum atomic E-state index is 0.0232. The van der Waals surface area contributed by atoms with Gasteiger partial charge in [0.25, 0.3) is 0 Å². The molecule has 1 unspecified atom stereocenters. The molecule has 0 aliphatic carbocycles. The van der Waals surface area contributed by atoms with E-state index in [0.717, 1.165) is 49.8 Å². The normalized spacial score (nSPS) is 17.5. The van der Waals surface area contributed by atoms with Gasteiger partial charge in [-0.3, -0.25) is 5.32 Å². The van der Waals surface area contributed by atoms with Crippen molar-refractivity contribution in [3.63, 3.8) is 0 Å². The van der Waals surface area contributed by atoms with Crippen molar-refractivity contribution in [2.45, 2.75) is 38.9 Å². The van der Waals surface area contributed by atoms with Gasteiger partial charge in [-0.05, 0) is 24.6 Å². The van der Waals surface area contributed by atoms with Gasteiger partial charge in [0.15, 0.2) is 0 Å². The molecular weight excluding hydrogens is 336 g/mol. The van der Waals surface area contributed by atoms with Crippen LogP contribution in [0.25, 0.3) is 0 Å². The fourth-order valence-corrected chi connectivity index (χ4v) is 3.66. The van der Waals surface area contributed by atoms with Crippen LogP contribution < -0.4 is 20.7 Å². The lowest BCUT2D eigenvalue weighted by Gasteiger charge is -2.26. The predicted molar refractivity (Wildman–Crippen MR) is 110 cm³/mol. The van der Waals surface area contributed by atoms with E-state index in [1.165, 1.54) is 23.1 Å². The van der Waals surface area contributed by atoms with E-state index in [0.29, 0.717) is 6.54 Å². The predicted octanol–water partition coefficient (Wildman–Crippen LogP) is 3.62. The Morgan fingerprint density at radius 1 is 1.15 bits per heavy atom. The molecule has 0 saturated heterocycles. The summed E-state index contributed by atoms with van der Waals surface area (Å²) < 4.78 is 5.79. The van der Waals surface area contributed by atoms with E-state index in [1.54, 1.807) is 0 Å². The highest BCUT2D eigenvalue weighted by Crippen LogP contribution is 2.30. The van der Waals surface area contributed by atoms with Crippen LogP contribution in [0.4, 0.5) is 5.69 Å². The van der Waals surface area contributed by atoms with E-state index in [-0.39, 0.29) is 6.17 Å². The first kappa shape index (κ1) is 18.0. The zero-order valence-electron chi connectivity index (χ0n) is 15.9. The number of amidine groups is 1. The smallest absolute Gasteiger partial charge is 0.129 e. The van der Waals surface area contributed by atoms with Crippen LogP contribution >= 0.6 is 0 Å². The van der Waals surface area contributed by atoms with Crippen LogP contribution in [0.15, 0.2) is 47.5 Å². The molecule has 0 saturated carbocycles. The SMILES string of the molecule is CCCCNC1N=C(CNCc2cccc3c2OCC3)Nc2ccccc21. The first-order chi connectivity index (χ1) is 13.3. The van der Waals surface area contributed by atoms with Crippen LogP contribution in [0.5, 0.6) is 5.75 Å². The molecule has 3 N–H and O–H groups in total. The van der Waals surface area contributed by atoms with Gasteiger partial charge in [0, 0.05) is 29.8 Å². The van der Waals surface area contributed by atoms with Crippen LogP contribution in [0.3, 0.4) is 0 Å². The highest BCUT2D eigenvalue weighted by atomic mass is 16.5. The number of benzene rings is 2. The molecule has 0 spiro atoms. The Morgan fingerprint density at radius 2 is 2.07 bits per heavy atom. The number of ether oxygens (including phenoxy) is 1. The molecule has 2 aromatic rings. The Hall–Kier alpha value is -2.37. The number of nitrogens with zero attached hydrogens (tertiary/aromatic N) is 1. The summed E-state index contributed by atoms with van der Waals surface area (Å²) in [5, 5.41) is 10.6. The van der Waals surface area contributed by atoms with Crippen molar-refractivity contribution >= 4 is 11.5 Å². The topological polar surface area (TPSA) is 57.7 Å². The molecule has 0 aromatic heterocycles. The molecule has 2 aliphatic rings. The summed E-state index contributed by atoms with van der Waals surface area (Å²) in [5.74, 6) is 2.03. The van der Waals surface area contributed by atoms with E-state index in [2.05, 4.69) is 65.3 Å². The first-order valence-electron chi connectivity index (χ1n) is 9.95. The molecule has 142 valence electrons. The Labute approximate surface area is 161 Å². The van der Waals surface area contributed by atoms with Gasteiger partial charge in [-0.2, -0.15) is 0 Å². The number of hydrogen-bond acceptors (Lipinski definition) is 5. The summed E-state index contributed by atoms with van der Waals surface area (Å²) in [6.45, 7) is 5.46. The van der Waals surface area contributed by atoms with Gasteiger partial charge in [-0.25, -0.2) is 4.99 Å². The Morgan fingerprint density at radius 3 is 3.00 bits per heavy atom. The van der Waals surface area contributed by atoms with Crippen molar-refractivity contribution in [1.29, 1.82) is 0 Å². The number of nitrogens with one attached hydrogen (secondary N) is 3. The average molecular weight is 364 g/mol. The summed E-state index contributed by atoms with van der Waals surface area (Å²) in [6, 6.07) is 14.8. The monoisotopic (exact) mass is 364 g/mol. The highest BCUT2D eigenvalue weighted by Gasteiger charge is 2.20. The number of anilines is 1. The summed E-state index contributed by atoms with van der Waals surface area (Å²) in [4.78, 5) is 4.90. The highest BCUT2D eigenvalue weighted by molar-refractivity contribution is 5.99. The van der Waals surface area contributed by atoms with Gasteiger partial charge in [0.05, 0.1) is 13.2 Å². The molecule has 5 nitrogen and oxygen atoms in total. The number of para-hydroxylation sites is 2. The third-order valence-electron chi connectivity index (χ3n) is 5.09. The minimum Gasteiger partial charge on any atom is -0.493 e. The number of fused-ring (bicyclic) bond motifs is 2. The molecule has 0 bridgehead atoms. The van der Waals surface area contributed by atoms with Gasteiger partial charge < -0.3 is 15.4 Å². The summed E-state index contributed by atoms with van der Waals surface area (Å²) >= 11 is 0. The fraction of sp³-hybridized carbons (Fsp3) is 0.409. The van der Waals surface area contributed by atoms with Crippen molar-refractivity contribution in [3.05, 3.63) is 59.2 Å². The summed E-state index contributed by atoms with van der Waals surface area (Å²) in [6.07, 6.45) is 3.38. The third-order valence-corrected chi connectivity index (χ3v) is 5.09. The molecule has 4 rings (SSSR count). The zero-order chi connectivity index (χ0) is 18.5. The lowest BCUT2D eigenvalue weighted by atomic mass is 10.1. The third kappa shape index (κ3) is 4.15. The lowest BCUT2D eigenvalue weighted by Crippen LogP contribution is -2.34. The molecule has 5 heteroatoms. The Balaban J connectivity index is 1.40. The molecule has 2 aromatic carbocycles. The van der Waals surface area contributed by atoms with Crippen LogP contribution in [0.1, 0.15) is 42.6 Å². The maximum Gasteiger partial charge on any atom is 0.129 e. The van der Waals surface area contributed by atoms with Gasteiger partial charge in [-0.15, -0.1) is 0 Å². The molecule has 0 amide bonds. The Bertz CT molecular complexity index is 818. The molecule has 0 fully saturated rings. The second-order valence-corrected chi connectivity index (χ2v) is 7.11. The maximum absolute atomic E-state index is 5.79. The number of unbranched alkanes of at least 4 members (excludes halogenated alkanes) is 1. The minimum absolute atomic E-state index is 0.0232. The van der Waals surface area contributed by atoms with Crippen molar-refractivity contribution in [3.8, 4) is 5.75 Å². The standard InChI is InChI=1S/C22H28N4O/c1-2-3-12-24-22-18-9-4-5-10-19(18)25-20(26-22)15-23-14-17-8-6-7-16-11-13-27-21(16)17/h4-10,22-24H,2-3,11-15H2,1H3,(H,25,26). The molecule has 2 heterocycles. The maximum atomic E-state index is 5.79. The fourth-order valence-electron chi connectivity index (χ4n) is 3.66. The Kier molecular flexibility index (Phi) is 5.70. The molecule has 0 radical (unpaired) electrons. The van der Waals surface area contributed by atoms with E-state index >= 15 is 0 Å². The van der Waals surface area contributed by atoms with Crippen LogP contribution in [-0.4, -0.2) is 25.5 Å². The molecular formula is C22H28N4O. The van der Waals surface area contributed by atoms with Crippen molar-refractivity contribution < 1.29 is 4.74 Å². The summed E-state index contributed by atoms with van der Waals surface area (Å²) in [5.41, 5.74) is 4.89. The molecule has 2 aliphatic heterocycles. The molecule has 27 heavy (non-hydrogen) atoms. The van der Waals surface area contributed by atoms with Gasteiger partial charge in [-0.1, -0.05) is 49.7 Å². The van der Waals surface area contributed by atoms with E-state index in [1.807, 2.05) is 0 Å². The zero-order valence-corrected chi connectivity index (χ0v) is 15.9. The van der Waals surface area contributed by atoms with Crippen LogP contribution in [0, 0.1) is 0 Å². The van der Waals surface area contributed by atoms with Gasteiger partial charge in [0.1, 0.15) is 17.8 Å². The van der Waals surface area contributed by atoms with Crippen LogP contribution in [-0.2, 0) is 13.0 Å². The second-order valence-electron chi connectivity index (χ2n) is 7.11. The number of aliphatic imine (C=N–C) groups is 1. The van der Waals surface area contributed by atoms with Crippen molar-refractivity contribution in [2.75, 3.05) is 25.0 Å². The largest absolute Gasteiger partial charge is 0.493 e. The van der Waals surface area contributed by atoms with Crippen molar-refractivity contribution in [2.24, 2.45) is 4.99 Å². The average Bonchev–Trinajstić information content (AvgIpc) is 3.18. The number of rotatable bonds is 8. The van der Waals surface area contributed by atoms with Gasteiger partial charge in [0.2, 0.25) is 0 Å². The second kappa shape index (κ2) is 8.55.